The van der Waals surface area contributed by atoms with Crippen LogP contribution in [0.1, 0.15) is 36.0 Å². The molecular weight excluding hydrogens is 355 g/mol. The number of nitrogens with one attached hydrogen (secondary N) is 2. The summed E-state index contributed by atoms with van der Waals surface area (Å²) < 4.78 is 38.2. The number of benzene rings is 2. The first kappa shape index (κ1) is 18.9. The van der Waals surface area contributed by atoms with Gasteiger partial charge in [0.2, 0.25) is 0 Å². The third-order valence-electron chi connectivity index (χ3n) is 4.40. The van der Waals surface area contributed by atoms with E-state index in [1.165, 1.54) is 17.7 Å². The minimum Gasteiger partial charge on any atom is -0.376 e. The number of hydrogen-bond donors (Lipinski definition) is 2. The number of fused-ring (bicyclic) bond motifs is 1. The molecule has 0 heterocycles. The van der Waals surface area contributed by atoms with Crippen LogP contribution in [0.25, 0.3) is 0 Å². The van der Waals surface area contributed by atoms with Gasteiger partial charge in [-0.1, -0.05) is 30.3 Å². The van der Waals surface area contributed by atoms with Crippen LogP contribution in [0.5, 0.6) is 0 Å². The topological polar surface area (TPSA) is 53.5 Å². The largest absolute Gasteiger partial charge is 0.416 e. The summed E-state index contributed by atoms with van der Waals surface area (Å²) in [6, 6.07) is 12.7. The molecule has 0 fully saturated rings. The smallest absolute Gasteiger partial charge is 0.376 e. The fourth-order valence-electron chi connectivity index (χ4n) is 3.04. The molecule has 2 aromatic rings. The zero-order valence-corrected chi connectivity index (χ0v) is 14.6. The molecule has 27 heavy (non-hydrogen) atoms. The van der Waals surface area contributed by atoms with Crippen LogP contribution in [0.15, 0.2) is 53.6 Å². The third-order valence-corrected chi connectivity index (χ3v) is 4.40. The summed E-state index contributed by atoms with van der Waals surface area (Å²) in [5.41, 5.74) is 5.05. The number of aryl methyl sites for hydroxylation is 1. The normalized spacial score (nSPS) is 15.7. The third kappa shape index (κ3) is 5.09. The second-order valence-corrected chi connectivity index (χ2v) is 6.39. The zero-order valence-electron chi connectivity index (χ0n) is 14.6. The molecule has 0 atom stereocenters. The molecule has 2 aromatic carbocycles. The Bertz CT molecular complexity index is 846. The number of carbonyl (C=O) groups excluding carboxylic acids is 1. The summed E-state index contributed by atoms with van der Waals surface area (Å²) in [7, 11) is 0. The maximum absolute atomic E-state index is 12.7. The molecule has 2 N–H and O–H groups in total. The molecule has 0 unspecified atom stereocenters. The molecule has 7 heteroatoms. The Labute approximate surface area is 155 Å². The maximum atomic E-state index is 12.7. The average molecular weight is 375 g/mol. The lowest BCUT2D eigenvalue weighted by Gasteiger charge is -2.11. The summed E-state index contributed by atoms with van der Waals surface area (Å²) in [5.74, 6) is -0.415. The fourth-order valence-corrected chi connectivity index (χ4v) is 3.04. The van der Waals surface area contributed by atoms with Crippen LogP contribution in [-0.4, -0.2) is 18.2 Å². The minimum absolute atomic E-state index is 0.167. The van der Waals surface area contributed by atoms with Crippen molar-refractivity contribution < 1.29 is 18.0 Å². The Balaban J connectivity index is 1.61. The minimum atomic E-state index is -4.42. The first-order valence-corrected chi connectivity index (χ1v) is 8.78. The van der Waals surface area contributed by atoms with Gasteiger partial charge in [0.1, 0.15) is 0 Å². The molecule has 0 aromatic heterocycles. The SMILES string of the molecule is O=C(CNc1cccc(C(F)(F)F)c1)N/N=C1/CCCCc2ccccc21. The van der Waals surface area contributed by atoms with Gasteiger partial charge in [-0.2, -0.15) is 18.3 Å². The summed E-state index contributed by atoms with van der Waals surface area (Å²) in [5, 5.41) is 6.95. The number of amides is 1. The van der Waals surface area contributed by atoms with E-state index < -0.39 is 17.6 Å². The predicted octanol–water partition coefficient (Wildman–Crippen LogP) is 4.36. The number of anilines is 1. The lowest BCUT2D eigenvalue weighted by molar-refractivity contribution is -0.137. The van der Waals surface area contributed by atoms with Crippen molar-refractivity contribution in [2.24, 2.45) is 5.10 Å². The van der Waals surface area contributed by atoms with Crippen molar-refractivity contribution >= 4 is 17.3 Å². The van der Waals surface area contributed by atoms with Crippen LogP contribution < -0.4 is 10.7 Å². The van der Waals surface area contributed by atoms with E-state index >= 15 is 0 Å². The van der Waals surface area contributed by atoms with Gasteiger partial charge in [-0.05, 0) is 49.4 Å². The number of carbonyl (C=O) groups is 1. The van der Waals surface area contributed by atoms with Gasteiger partial charge in [0.15, 0.2) is 0 Å². The molecule has 1 amide bonds. The van der Waals surface area contributed by atoms with E-state index in [0.29, 0.717) is 0 Å². The van der Waals surface area contributed by atoms with Gasteiger partial charge in [0.25, 0.3) is 5.91 Å². The van der Waals surface area contributed by atoms with E-state index in [4.69, 9.17) is 0 Å². The summed E-state index contributed by atoms with van der Waals surface area (Å²) in [4.78, 5) is 12.0. The Morgan fingerprint density at radius 3 is 2.63 bits per heavy atom. The van der Waals surface area contributed by atoms with Gasteiger partial charge in [-0.15, -0.1) is 0 Å². The van der Waals surface area contributed by atoms with Crippen molar-refractivity contribution in [3.63, 3.8) is 0 Å². The van der Waals surface area contributed by atoms with E-state index in [0.717, 1.165) is 49.1 Å². The van der Waals surface area contributed by atoms with Crippen LogP contribution in [-0.2, 0) is 17.4 Å². The molecule has 4 nitrogen and oxygen atoms in total. The monoisotopic (exact) mass is 375 g/mol. The van der Waals surface area contributed by atoms with Crippen molar-refractivity contribution in [1.29, 1.82) is 0 Å². The Morgan fingerprint density at radius 2 is 1.81 bits per heavy atom. The molecular formula is C20H20F3N3O. The quantitative estimate of drug-likeness (QED) is 0.616. The standard InChI is InChI=1S/C20H20F3N3O/c21-20(22,23)15-8-5-9-16(12-15)24-13-19(27)26-25-18-11-4-2-7-14-6-1-3-10-17(14)18/h1,3,5-6,8-10,12,24H,2,4,7,11,13H2,(H,26,27)/b25-18-. The van der Waals surface area contributed by atoms with Crippen LogP contribution in [0.2, 0.25) is 0 Å². The number of alkyl halides is 3. The number of hydrazone groups is 1. The van der Waals surface area contributed by atoms with Crippen molar-refractivity contribution in [3.05, 3.63) is 65.2 Å². The number of nitrogens with zero attached hydrogens (tertiary/aromatic N) is 1. The molecule has 1 aliphatic rings. The van der Waals surface area contributed by atoms with E-state index in [2.05, 4.69) is 21.9 Å². The second kappa shape index (κ2) is 8.24. The van der Waals surface area contributed by atoms with Gasteiger partial charge in [0, 0.05) is 11.3 Å². The molecule has 0 saturated carbocycles. The van der Waals surface area contributed by atoms with Crippen molar-refractivity contribution in [1.82, 2.24) is 5.43 Å². The lowest BCUT2D eigenvalue weighted by atomic mass is 10.0. The van der Waals surface area contributed by atoms with E-state index in [1.54, 1.807) is 0 Å². The molecule has 0 radical (unpaired) electrons. The number of hydrogen-bond acceptors (Lipinski definition) is 3. The average Bonchev–Trinajstić information content (AvgIpc) is 2.86. The van der Waals surface area contributed by atoms with E-state index in [1.807, 2.05) is 18.2 Å². The molecule has 1 aliphatic carbocycles. The summed E-state index contributed by atoms with van der Waals surface area (Å²) in [6.07, 6.45) is -0.593. The highest BCUT2D eigenvalue weighted by atomic mass is 19.4. The highest BCUT2D eigenvalue weighted by molar-refractivity contribution is 6.02. The van der Waals surface area contributed by atoms with Crippen LogP contribution in [0.3, 0.4) is 0 Å². The Hall–Kier alpha value is -2.83. The van der Waals surface area contributed by atoms with Crippen LogP contribution >= 0.6 is 0 Å². The zero-order chi connectivity index (χ0) is 19.3. The predicted molar refractivity (Wildman–Crippen MR) is 98.6 cm³/mol. The van der Waals surface area contributed by atoms with Crippen LogP contribution in [0, 0.1) is 0 Å². The van der Waals surface area contributed by atoms with E-state index in [-0.39, 0.29) is 12.2 Å². The Morgan fingerprint density at radius 1 is 1.04 bits per heavy atom. The molecule has 3 rings (SSSR count). The lowest BCUT2D eigenvalue weighted by Crippen LogP contribution is -2.27. The first-order valence-electron chi connectivity index (χ1n) is 8.78. The van der Waals surface area contributed by atoms with Crippen molar-refractivity contribution in [2.45, 2.75) is 31.9 Å². The van der Waals surface area contributed by atoms with E-state index in [9.17, 15) is 18.0 Å². The highest BCUT2D eigenvalue weighted by Gasteiger charge is 2.30. The van der Waals surface area contributed by atoms with Crippen LogP contribution in [0.4, 0.5) is 18.9 Å². The maximum Gasteiger partial charge on any atom is 0.416 e. The Kier molecular flexibility index (Phi) is 5.78. The van der Waals surface area contributed by atoms with Gasteiger partial charge in [-0.3, -0.25) is 4.79 Å². The molecule has 0 bridgehead atoms. The number of halogens is 3. The first-order chi connectivity index (χ1) is 12.9. The second-order valence-electron chi connectivity index (χ2n) is 6.39. The van der Waals surface area contributed by atoms with Gasteiger partial charge in [-0.25, -0.2) is 5.43 Å². The molecule has 0 saturated heterocycles. The van der Waals surface area contributed by atoms with Gasteiger partial charge < -0.3 is 5.32 Å². The van der Waals surface area contributed by atoms with Gasteiger partial charge in [0.05, 0.1) is 17.8 Å². The van der Waals surface area contributed by atoms with Crippen molar-refractivity contribution in [3.8, 4) is 0 Å². The summed E-state index contributed by atoms with van der Waals surface area (Å²) >= 11 is 0. The summed E-state index contributed by atoms with van der Waals surface area (Å²) in [6.45, 7) is -0.167. The fraction of sp³-hybridized carbons (Fsp3) is 0.300. The number of rotatable bonds is 4. The molecule has 0 spiro atoms. The van der Waals surface area contributed by atoms with Crippen molar-refractivity contribution in [2.75, 3.05) is 11.9 Å². The highest BCUT2D eigenvalue weighted by Crippen LogP contribution is 2.30. The molecule has 0 aliphatic heterocycles. The molecule has 142 valence electrons. The van der Waals surface area contributed by atoms with Gasteiger partial charge >= 0.3 is 6.18 Å².